The first kappa shape index (κ1) is 21.4. The Balaban J connectivity index is 1.75. The minimum atomic E-state index is -1.71. The highest BCUT2D eigenvalue weighted by atomic mass is 28.3. The molecule has 2 aromatic rings. The highest BCUT2D eigenvalue weighted by Crippen LogP contribution is 2.40. The van der Waals surface area contributed by atoms with Gasteiger partial charge in [-0.2, -0.15) is 0 Å². The molecule has 1 amide bonds. The van der Waals surface area contributed by atoms with Gasteiger partial charge in [0.25, 0.3) is 5.91 Å². The molecule has 0 N–H and O–H groups in total. The number of amides is 1. The van der Waals surface area contributed by atoms with Crippen molar-refractivity contribution in [1.29, 1.82) is 0 Å². The van der Waals surface area contributed by atoms with E-state index in [0.717, 1.165) is 22.3 Å². The first-order valence-electron chi connectivity index (χ1n) is 10.7. The minimum absolute atomic E-state index is 0.131. The lowest BCUT2D eigenvalue weighted by Crippen LogP contribution is -2.43. The van der Waals surface area contributed by atoms with Crippen molar-refractivity contribution in [2.75, 3.05) is 0 Å². The van der Waals surface area contributed by atoms with Crippen molar-refractivity contribution in [2.45, 2.75) is 71.3 Å². The predicted molar refractivity (Wildman–Crippen MR) is 124 cm³/mol. The topological polar surface area (TPSA) is 20.3 Å². The van der Waals surface area contributed by atoms with Gasteiger partial charge in [0.1, 0.15) is 8.07 Å². The molecule has 3 heteroatoms. The molecule has 1 aliphatic heterocycles. The molecule has 0 bridgehead atoms. The molecule has 2 aromatic carbocycles. The second-order valence-electron chi connectivity index (χ2n) is 9.16. The van der Waals surface area contributed by atoms with Crippen LogP contribution < -0.4 is 0 Å². The summed E-state index contributed by atoms with van der Waals surface area (Å²) in [6.07, 6.45) is 0. The summed E-state index contributed by atoms with van der Waals surface area (Å²) in [5, 5.41) is 0. The van der Waals surface area contributed by atoms with E-state index >= 15 is 0 Å². The maximum atomic E-state index is 12.6. The summed E-state index contributed by atoms with van der Waals surface area (Å²) in [7, 11) is -1.71. The van der Waals surface area contributed by atoms with Gasteiger partial charge >= 0.3 is 0 Å². The summed E-state index contributed by atoms with van der Waals surface area (Å²) in [6, 6.07) is 16.3. The number of hydrogen-bond donors (Lipinski definition) is 0. The molecule has 0 aliphatic carbocycles. The number of carbonyl (C=O) groups excluding carboxylic acids is 1. The zero-order chi connectivity index (χ0) is 21.2. The van der Waals surface area contributed by atoms with Crippen LogP contribution >= 0.6 is 0 Å². The molecule has 0 fully saturated rings. The maximum absolute atomic E-state index is 12.6. The Labute approximate surface area is 177 Å². The van der Waals surface area contributed by atoms with Crippen molar-refractivity contribution in [2.24, 2.45) is 0 Å². The van der Waals surface area contributed by atoms with E-state index in [1.807, 2.05) is 29.2 Å². The molecule has 0 aromatic heterocycles. The van der Waals surface area contributed by atoms with Crippen LogP contribution in [0.3, 0.4) is 0 Å². The average Bonchev–Trinajstić information content (AvgIpc) is 2.98. The van der Waals surface area contributed by atoms with Crippen molar-refractivity contribution in [3.05, 3.63) is 70.8 Å². The molecule has 0 saturated heterocycles. The normalized spacial score (nSPS) is 13.8. The van der Waals surface area contributed by atoms with Crippen LogP contribution in [0.15, 0.2) is 48.5 Å². The Kier molecular flexibility index (Phi) is 6.34. The molecular weight excluding hydrogens is 370 g/mol. The third kappa shape index (κ3) is 4.18. The Morgan fingerprint density at radius 3 is 2.03 bits per heavy atom. The Morgan fingerprint density at radius 2 is 1.48 bits per heavy atom. The van der Waals surface area contributed by atoms with Crippen LogP contribution in [-0.4, -0.2) is 18.9 Å². The third-order valence-corrected chi connectivity index (χ3v) is 12.8. The van der Waals surface area contributed by atoms with Crippen LogP contribution in [0.2, 0.25) is 16.6 Å². The molecule has 2 nitrogen and oxygen atoms in total. The molecule has 0 spiro atoms. The number of rotatable bonds is 5. The zero-order valence-electron chi connectivity index (χ0n) is 18.6. The van der Waals surface area contributed by atoms with Crippen LogP contribution in [0, 0.1) is 11.5 Å². The van der Waals surface area contributed by atoms with E-state index in [1.54, 1.807) is 0 Å². The summed E-state index contributed by atoms with van der Waals surface area (Å²) in [5.74, 6) is 3.64. The number of benzene rings is 2. The zero-order valence-corrected chi connectivity index (χ0v) is 19.6. The van der Waals surface area contributed by atoms with E-state index in [0.29, 0.717) is 29.7 Å². The highest BCUT2D eigenvalue weighted by molar-refractivity contribution is 6.90. The molecule has 1 heterocycles. The van der Waals surface area contributed by atoms with Crippen molar-refractivity contribution in [1.82, 2.24) is 4.90 Å². The van der Waals surface area contributed by atoms with E-state index in [1.165, 1.54) is 0 Å². The summed E-state index contributed by atoms with van der Waals surface area (Å²) < 4.78 is 0. The molecule has 0 radical (unpaired) electrons. The van der Waals surface area contributed by atoms with Crippen LogP contribution in [0.25, 0.3) is 0 Å². The summed E-state index contributed by atoms with van der Waals surface area (Å²) >= 11 is 0. The summed E-state index contributed by atoms with van der Waals surface area (Å²) in [6.45, 7) is 15.4. The van der Waals surface area contributed by atoms with E-state index in [-0.39, 0.29) is 5.91 Å². The molecule has 0 atom stereocenters. The van der Waals surface area contributed by atoms with Gasteiger partial charge in [-0.25, -0.2) is 0 Å². The first-order valence-corrected chi connectivity index (χ1v) is 13.0. The van der Waals surface area contributed by atoms with Gasteiger partial charge in [0.2, 0.25) is 0 Å². The summed E-state index contributed by atoms with van der Waals surface area (Å²) in [5.41, 5.74) is 9.88. The molecule has 0 unspecified atom stereocenters. The van der Waals surface area contributed by atoms with Crippen molar-refractivity contribution in [3.63, 3.8) is 0 Å². The maximum Gasteiger partial charge on any atom is 0.254 e. The molecule has 29 heavy (non-hydrogen) atoms. The van der Waals surface area contributed by atoms with Gasteiger partial charge in [0, 0.05) is 24.2 Å². The highest BCUT2D eigenvalue weighted by Gasteiger charge is 2.41. The lowest BCUT2D eigenvalue weighted by Gasteiger charge is -2.38. The van der Waals surface area contributed by atoms with Crippen LogP contribution in [-0.2, 0) is 13.1 Å². The second kappa shape index (κ2) is 8.59. The van der Waals surface area contributed by atoms with Gasteiger partial charge in [-0.1, -0.05) is 77.8 Å². The Hall–Kier alpha value is -2.31. The Morgan fingerprint density at radius 1 is 0.897 bits per heavy atom. The fourth-order valence-electron chi connectivity index (χ4n) is 4.97. The van der Waals surface area contributed by atoms with E-state index in [4.69, 9.17) is 0 Å². The first-order chi connectivity index (χ1) is 13.8. The largest absolute Gasteiger partial charge is 0.330 e. The minimum Gasteiger partial charge on any atom is -0.330 e. The van der Waals surface area contributed by atoms with Gasteiger partial charge in [-0.15, -0.1) is 5.54 Å². The van der Waals surface area contributed by atoms with Crippen molar-refractivity contribution >= 4 is 14.0 Å². The van der Waals surface area contributed by atoms with Gasteiger partial charge in [0.05, 0.1) is 0 Å². The number of hydrogen-bond acceptors (Lipinski definition) is 1. The molecule has 3 rings (SSSR count). The van der Waals surface area contributed by atoms with E-state index in [2.05, 4.69) is 77.3 Å². The van der Waals surface area contributed by atoms with Gasteiger partial charge in [-0.3, -0.25) is 4.79 Å². The summed E-state index contributed by atoms with van der Waals surface area (Å²) in [4.78, 5) is 14.5. The fraction of sp³-hybridized carbons (Fsp3) is 0.423. The lowest BCUT2D eigenvalue weighted by atomic mass is 10.1. The second-order valence-corrected chi connectivity index (χ2v) is 14.7. The van der Waals surface area contributed by atoms with Gasteiger partial charge in [0.15, 0.2) is 0 Å². The van der Waals surface area contributed by atoms with Gasteiger partial charge in [-0.05, 0) is 45.9 Å². The number of nitrogens with zero attached hydrogens (tertiary/aromatic N) is 1. The molecular formula is C26H33NOSi. The van der Waals surface area contributed by atoms with E-state index in [9.17, 15) is 4.79 Å². The predicted octanol–water partition coefficient (Wildman–Crippen LogP) is 6.41. The van der Waals surface area contributed by atoms with Crippen LogP contribution in [0.4, 0.5) is 0 Å². The van der Waals surface area contributed by atoms with Crippen LogP contribution in [0.5, 0.6) is 0 Å². The standard InChI is InChI=1S/C26H33NOSi/c1-19(2)29(20(3)4,21(5)6)16-15-22-11-13-23(14-12-22)17-27-18-24-9-7-8-10-25(24)26(27)28/h7-14,19-21H,17-18H2,1-6H3. The Bertz CT molecular complexity index is 909. The number of carbonyl (C=O) groups is 1. The SMILES string of the molecule is CC(C)[Si](C#Cc1ccc(CN2Cc3ccccc3C2=O)cc1)(C(C)C)C(C)C. The quantitative estimate of drug-likeness (QED) is 0.417. The fourth-order valence-corrected chi connectivity index (χ4v) is 10.2. The monoisotopic (exact) mass is 403 g/mol. The number of fused-ring (bicyclic) bond motifs is 1. The van der Waals surface area contributed by atoms with Crippen molar-refractivity contribution < 1.29 is 4.79 Å². The van der Waals surface area contributed by atoms with Gasteiger partial charge < -0.3 is 4.90 Å². The van der Waals surface area contributed by atoms with Crippen molar-refractivity contribution in [3.8, 4) is 11.5 Å². The third-order valence-electron chi connectivity index (χ3n) is 6.51. The lowest BCUT2D eigenvalue weighted by molar-refractivity contribution is 0.0766. The van der Waals surface area contributed by atoms with Crippen LogP contribution in [0.1, 0.15) is 68.6 Å². The molecule has 1 aliphatic rings. The average molecular weight is 404 g/mol. The van der Waals surface area contributed by atoms with E-state index < -0.39 is 8.07 Å². The molecule has 152 valence electrons. The molecule has 0 saturated carbocycles. The smallest absolute Gasteiger partial charge is 0.254 e.